The van der Waals surface area contributed by atoms with Crippen LogP contribution in [0.5, 0.6) is 0 Å². The Labute approximate surface area is 190 Å². The Morgan fingerprint density at radius 3 is 1.68 bits per heavy atom. The van der Waals surface area contributed by atoms with E-state index in [1.54, 1.807) is 0 Å². The van der Waals surface area contributed by atoms with Crippen LogP contribution in [0.2, 0.25) is 0 Å². The van der Waals surface area contributed by atoms with Gasteiger partial charge in [-0.15, -0.1) is 11.8 Å². The van der Waals surface area contributed by atoms with E-state index in [1.165, 1.54) is 21.7 Å². The second kappa shape index (κ2) is 15.4. The molecule has 0 unspecified atom stereocenters. The van der Waals surface area contributed by atoms with Crippen LogP contribution >= 0.6 is 39.1 Å². The van der Waals surface area contributed by atoms with Gasteiger partial charge in [-0.25, -0.2) is 0 Å². The SMILES string of the molecule is [Cl][Ru][Cl].c1ccc(SCCNCCP(c2ccccc2)c2ccccc2)cc1. The fourth-order valence-electron chi connectivity index (χ4n) is 2.70. The van der Waals surface area contributed by atoms with Crippen molar-refractivity contribution >= 4 is 49.7 Å². The molecule has 0 saturated carbocycles. The van der Waals surface area contributed by atoms with E-state index in [1.807, 2.05) is 11.8 Å². The topological polar surface area (TPSA) is 12.0 Å². The van der Waals surface area contributed by atoms with E-state index in [0.29, 0.717) is 0 Å². The van der Waals surface area contributed by atoms with E-state index in [4.69, 9.17) is 19.4 Å². The summed E-state index contributed by atoms with van der Waals surface area (Å²) in [6.07, 6.45) is 1.18. The van der Waals surface area contributed by atoms with E-state index in [0.717, 1.165) is 18.8 Å². The number of halogens is 2. The summed E-state index contributed by atoms with van der Waals surface area (Å²) < 4.78 is 0. The summed E-state index contributed by atoms with van der Waals surface area (Å²) in [5.41, 5.74) is 0. The van der Waals surface area contributed by atoms with Gasteiger partial charge in [-0.2, -0.15) is 0 Å². The van der Waals surface area contributed by atoms with E-state index >= 15 is 0 Å². The van der Waals surface area contributed by atoms with Gasteiger partial charge in [-0.1, -0.05) is 78.9 Å². The van der Waals surface area contributed by atoms with Gasteiger partial charge in [-0.05, 0) is 43.4 Å². The van der Waals surface area contributed by atoms with Crippen molar-refractivity contribution < 1.29 is 15.1 Å². The first-order valence-corrected chi connectivity index (χ1v) is 16.0. The van der Waals surface area contributed by atoms with Crippen molar-refractivity contribution in [3.05, 3.63) is 91.0 Å². The minimum absolute atomic E-state index is 0.285. The predicted molar refractivity (Wildman–Crippen MR) is 126 cm³/mol. The minimum Gasteiger partial charge on any atom is -0.316 e. The molecule has 3 rings (SSSR count). The molecular weight excluding hydrogens is 513 g/mol. The third-order valence-corrected chi connectivity index (χ3v) is 7.47. The van der Waals surface area contributed by atoms with Crippen molar-refractivity contribution in [3.63, 3.8) is 0 Å². The quantitative estimate of drug-likeness (QED) is 0.159. The zero-order valence-corrected chi connectivity index (χ0v) is 20.4. The third-order valence-electron chi connectivity index (χ3n) is 3.94. The molecule has 28 heavy (non-hydrogen) atoms. The first kappa shape index (κ1) is 23.9. The standard InChI is InChI=1S/C22H24NPS.2ClH.Ru/c1-4-10-20(11-5-1)24(21-12-6-2-7-13-21)18-16-23-17-19-25-22-14-8-3-9-15-22;;;/h1-15,23H,16-19H2;2*1H;/q;;;+2/p-2. The molecule has 0 heterocycles. The van der Waals surface area contributed by atoms with Gasteiger partial charge < -0.3 is 5.32 Å². The number of rotatable bonds is 9. The van der Waals surface area contributed by atoms with Crippen LogP contribution in [0.4, 0.5) is 0 Å². The molecule has 1 N–H and O–H groups in total. The normalized spacial score (nSPS) is 10.5. The van der Waals surface area contributed by atoms with Gasteiger partial charge in [-0.3, -0.25) is 0 Å². The number of thioether (sulfide) groups is 1. The summed E-state index contributed by atoms with van der Waals surface area (Å²) in [6.45, 7) is 2.11. The molecular formula is C22H24Cl2NPRuS. The molecule has 1 nitrogen and oxygen atoms in total. The molecule has 0 atom stereocenters. The Bertz CT molecular complexity index is 711. The molecule has 3 aromatic rings. The van der Waals surface area contributed by atoms with Gasteiger partial charge in [0.05, 0.1) is 0 Å². The van der Waals surface area contributed by atoms with Gasteiger partial charge in [0.1, 0.15) is 0 Å². The molecule has 0 spiro atoms. The van der Waals surface area contributed by atoms with Crippen molar-refractivity contribution in [2.75, 3.05) is 25.0 Å². The third kappa shape index (κ3) is 9.40. The fourth-order valence-corrected chi connectivity index (χ4v) is 5.79. The van der Waals surface area contributed by atoms with Crippen LogP contribution in [0.3, 0.4) is 0 Å². The maximum atomic E-state index is 4.85. The maximum Gasteiger partial charge on any atom is 0.0106 e. The Kier molecular flexibility index (Phi) is 13.2. The number of hydrogen-bond acceptors (Lipinski definition) is 2. The average Bonchev–Trinajstić information content (AvgIpc) is 2.76. The summed E-state index contributed by atoms with van der Waals surface area (Å²) in [5.74, 6) is 1.11. The average molecular weight is 537 g/mol. The number of nitrogens with one attached hydrogen (secondary N) is 1. The molecule has 0 fully saturated rings. The van der Waals surface area contributed by atoms with Gasteiger partial charge in [0, 0.05) is 17.2 Å². The summed E-state index contributed by atoms with van der Waals surface area (Å²) in [4.78, 5) is 1.35. The van der Waals surface area contributed by atoms with Crippen LogP contribution in [-0.2, 0) is 15.1 Å². The second-order valence-electron chi connectivity index (χ2n) is 5.78. The molecule has 0 radical (unpaired) electrons. The van der Waals surface area contributed by atoms with Gasteiger partial charge >= 0.3 is 34.5 Å². The van der Waals surface area contributed by atoms with Gasteiger partial charge in [0.15, 0.2) is 0 Å². The van der Waals surface area contributed by atoms with E-state index in [-0.39, 0.29) is 23.1 Å². The summed E-state index contributed by atoms with van der Waals surface area (Å²) in [6, 6.07) is 32.5. The maximum absolute atomic E-state index is 4.85. The van der Waals surface area contributed by atoms with Crippen LogP contribution in [0, 0.1) is 0 Å². The molecule has 0 aliphatic carbocycles. The van der Waals surface area contributed by atoms with Crippen LogP contribution in [-0.4, -0.2) is 25.0 Å². The fraction of sp³-hybridized carbons (Fsp3) is 0.182. The van der Waals surface area contributed by atoms with Crippen LogP contribution in [0.25, 0.3) is 0 Å². The monoisotopic (exact) mass is 537 g/mol. The van der Waals surface area contributed by atoms with Crippen molar-refractivity contribution in [1.29, 1.82) is 0 Å². The zero-order chi connectivity index (χ0) is 19.9. The Hall–Kier alpha value is -0.397. The number of hydrogen-bond donors (Lipinski definition) is 1. The summed E-state index contributed by atoms with van der Waals surface area (Å²) >= 11 is 1.57. The summed E-state index contributed by atoms with van der Waals surface area (Å²) in [5, 5.41) is 6.55. The first-order chi connectivity index (χ1) is 13.8. The molecule has 150 valence electrons. The molecule has 0 aliphatic rings. The van der Waals surface area contributed by atoms with E-state index in [9.17, 15) is 0 Å². The molecule has 0 bridgehead atoms. The van der Waals surface area contributed by atoms with Crippen molar-refractivity contribution in [2.45, 2.75) is 4.90 Å². The van der Waals surface area contributed by atoms with Gasteiger partial charge in [0.25, 0.3) is 0 Å². The Balaban J connectivity index is 0.000000878. The predicted octanol–water partition coefficient (Wildman–Crippen LogP) is 5.88. The van der Waals surface area contributed by atoms with Crippen molar-refractivity contribution in [1.82, 2.24) is 5.32 Å². The Morgan fingerprint density at radius 1 is 0.714 bits per heavy atom. The van der Waals surface area contributed by atoms with Crippen LogP contribution in [0.1, 0.15) is 0 Å². The van der Waals surface area contributed by atoms with Crippen LogP contribution in [0.15, 0.2) is 95.9 Å². The molecule has 0 amide bonds. The van der Waals surface area contributed by atoms with Gasteiger partial charge in [0.2, 0.25) is 0 Å². The van der Waals surface area contributed by atoms with Crippen molar-refractivity contribution in [2.24, 2.45) is 0 Å². The molecule has 6 heteroatoms. The molecule has 0 aromatic heterocycles. The largest absolute Gasteiger partial charge is 0.316 e. The first-order valence-electron chi connectivity index (χ1n) is 8.96. The minimum atomic E-state index is -0.346. The number of benzene rings is 3. The van der Waals surface area contributed by atoms with Crippen molar-refractivity contribution in [3.8, 4) is 0 Å². The van der Waals surface area contributed by atoms with E-state index < -0.39 is 0 Å². The molecule has 3 aromatic carbocycles. The molecule has 0 saturated heterocycles. The second-order valence-corrected chi connectivity index (χ2v) is 11.9. The molecule has 0 aliphatic heterocycles. The smallest absolute Gasteiger partial charge is 0.0106 e. The van der Waals surface area contributed by atoms with Crippen LogP contribution < -0.4 is 15.9 Å². The Morgan fingerprint density at radius 2 is 1.18 bits per heavy atom. The van der Waals surface area contributed by atoms with E-state index in [2.05, 4.69) is 96.3 Å². The zero-order valence-electron chi connectivity index (χ0n) is 15.5. The summed E-state index contributed by atoms with van der Waals surface area (Å²) in [7, 11) is 9.42.